The largest absolute Gasteiger partial charge is 0.382 e. The van der Waals surface area contributed by atoms with Gasteiger partial charge in [-0.2, -0.15) is 0 Å². The number of amides is 1. The van der Waals surface area contributed by atoms with Gasteiger partial charge in [0.25, 0.3) is 5.91 Å². The third-order valence-corrected chi connectivity index (χ3v) is 4.47. The van der Waals surface area contributed by atoms with Crippen LogP contribution in [0.5, 0.6) is 0 Å². The number of hydrogen-bond donors (Lipinski definition) is 1. The Balaban J connectivity index is 2.51. The molecule has 0 fully saturated rings. The van der Waals surface area contributed by atoms with E-state index >= 15 is 0 Å². The Bertz CT molecular complexity index is 705. The summed E-state index contributed by atoms with van der Waals surface area (Å²) in [7, 11) is 0. The van der Waals surface area contributed by atoms with Crippen molar-refractivity contribution in [3.63, 3.8) is 0 Å². The molecule has 0 radical (unpaired) electrons. The number of nitrogens with zero attached hydrogens (tertiary/aromatic N) is 1. The van der Waals surface area contributed by atoms with Gasteiger partial charge < -0.3 is 15.0 Å². The molecule has 0 atom stereocenters. The first-order valence-corrected chi connectivity index (χ1v) is 8.74. The molecule has 2 rings (SSSR count). The number of hydrogen-bond acceptors (Lipinski definition) is 2. The summed E-state index contributed by atoms with van der Waals surface area (Å²) in [6.07, 6.45) is 1.72. The molecule has 1 aromatic carbocycles. The van der Waals surface area contributed by atoms with Crippen molar-refractivity contribution in [2.75, 3.05) is 13.2 Å². The molecule has 4 nitrogen and oxygen atoms in total. The number of carbonyl (C=O) groups is 1. The van der Waals surface area contributed by atoms with Gasteiger partial charge in [-0.05, 0) is 44.4 Å². The van der Waals surface area contributed by atoms with Crippen molar-refractivity contribution in [2.24, 2.45) is 5.73 Å². The summed E-state index contributed by atoms with van der Waals surface area (Å²) < 4.78 is 7.63. The maximum atomic E-state index is 12.1. The summed E-state index contributed by atoms with van der Waals surface area (Å²) in [5, 5.41) is 0.672. The molecular weight excluding hydrogens is 324 g/mol. The van der Waals surface area contributed by atoms with E-state index in [0.717, 1.165) is 41.9 Å². The third kappa shape index (κ3) is 3.82. The van der Waals surface area contributed by atoms with Crippen LogP contribution in [0.25, 0.3) is 11.1 Å². The summed E-state index contributed by atoms with van der Waals surface area (Å²) in [4.78, 5) is 12.1. The Morgan fingerprint density at radius 3 is 2.46 bits per heavy atom. The Labute approximate surface area is 148 Å². The molecule has 2 aromatic rings. The molecule has 2 N–H and O–H groups in total. The monoisotopic (exact) mass is 348 g/mol. The number of nitrogens with two attached hydrogens (primary N) is 1. The predicted molar refractivity (Wildman–Crippen MR) is 98.6 cm³/mol. The van der Waals surface area contributed by atoms with Crippen molar-refractivity contribution in [1.82, 2.24) is 4.57 Å². The lowest BCUT2D eigenvalue weighted by atomic mass is 9.99. The molecule has 24 heavy (non-hydrogen) atoms. The molecule has 0 saturated heterocycles. The van der Waals surface area contributed by atoms with E-state index in [-0.39, 0.29) is 0 Å². The SMILES string of the molecule is CCOCCCn1c(C)c(C(N)=O)c(-c2ccc(Cl)cc2)c1CC. The first-order valence-electron chi connectivity index (χ1n) is 8.36. The summed E-state index contributed by atoms with van der Waals surface area (Å²) in [6, 6.07) is 7.55. The van der Waals surface area contributed by atoms with Crippen molar-refractivity contribution in [1.29, 1.82) is 0 Å². The highest BCUT2D eigenvalue weighted by Crippen LogP contribution is 2.34. The summed E-state index contributed by atoms with van der Waals surface area (Å²) in [5.74, 6) is -0.393. The second-order valence-corrected chi connectivity index (χ2v) is 6.15. The van der Waals surface area contributed by atoms with Gasteiger partial charge in [-0.1, -0.05) is 30.7 Å². The van der Waals surface area contributed by atoms with Gasteiger partial charge in [0, 0.05) is 41.7 Å². The van der Waals surface area contributed by atoms with Crippen molar-refractivity contribution < 1.29 is 9.53 Å². The molecule has 0 aliphatic heterocycles. The van der Waals surface area contributed by atoms with Gasteiger partial charge in [0.15, 0.2) is 0 Å². The zero-order valence-electron chi connectivity index (χ0n) is 14.6. The van der Waals surface area contributed by atoms with E-state index in [1.807, 2.05) is 38.1 Å². The van der Waals surface area contributed by atoms with E-state index in [0.29, 0.717) is 23.8 Å². The van der Waals surface area contributed by atoms with Crippen LogP contribution in [0.15, 0.2) is 24.3 Å². The molecule has 0 spiro atoms. The van der Waals surface area contributed by atoms with Crippen molar-refractivity contribution in [2.45, 2.75) is 40.2 Å². The van der Waals surface area contributed by atoms with E-state index in [2.05, 4.69) is 11.5 Å². The zero-order chi connectivity index (χ0) is 17.7. The minimum absolute atomic E-state index is 0.393. The molecular formula is C19H25ClN2O2. The molecule has 0 saturated carbocycles. The number of carbonyl (C=O) groups excluding carboxylic acids is 1. The molecule has 0 bridgehead atoms. The molecule has 0 unspecified atom stereocenters. The average molecular weight is 349 g/mol. The van der Waals surface area contributed by atoms with E-state index in [1.54, 1.807) is 0 Å². The number of aromatic nitrogens is 1. The van der Waals surface area contributed by atoms with Crippen LogP contribution >= 0.6 is 11.6 Å². The van der Waals surface area contributed by atoms with Crippen LogP contribution in [0.2, 0.25) is 5.02 Å². The first kappa shape index (κ1) is 18.6. The van der Waals surface area contributed by atoms with E-state index < -0.39 is 5.91 Å². The first-order chi connectivity index (χ1) is 11.5. The number of benzene rings is 1. The maximum Gasteiger partial charge on any atom is 0.251 e. The third-order valence-electron chi connectivity index (χ3n) is 4.22. The Kier molecular flexibility index (Phi) is 6.46. The van der Waals surface area contributed by atoms with Crippen LogP contribution in [0.1, 0.15) is 42.0 Å². The molecule has 130 valence electrons. The van der Waals surface area contributed by atoms with Crippen LogP contribution in [-0.4, -0.2) is 23.7 Å². The van der Waals surface area contributed by atoms with Gasteiger partial charge in [-0.25, -0.2) is 0 Å². The van der Waals surface area contributed by atoms with Gasteiger partial charge in [-0.3, -0.25) is 4.79 Å². The van der Waals surface area contributed by atoms with Crippen LogP contribution < -0.4 is 5.73 Å². The molecule has 0 aliphatic rings. The van der Waals surface area contributed by atoms with E-state index in [4.69, 9.17) is 22.1 Å². The van der Waals surface area contributed by atoms with E-state index in [1.165, 1.54) is 0 Å². The fourth-order valence-electron chi connectivity index (χ4n) is 3.17. The van der Waals surface area contributed by atoms with Gasteiger partial charge >= 0.3 is 0 Å². The minimum atomic E-state index is -0.393. The summed E-state index contributed by atoms with van der Waals surface area (Å²) >= 11 is 6.00. The van der Waals surface area contributed by atoms with Gasteiger partial charge in [0.05, 0.1) is 5.56 Å². The Hall–Kier alpha value is -1.78. The van der Waals surface area contributed by atoms with Crippen molar-refractivity contribution >= 4 is 17.5 Å². The molecule has 1 aromatic heterocycles. The second-order valence-electron chi connectivity index (χ2n) is 5.71. The Morgan fingerprint density at radius 1 is 1.25 bits per heavy atom. The van der Waals surface area contributed by atoms with Crippen LogP contribution in [0.3, 0.4) is 0 Å². The van der Waals surface area contributed by atoms with Crippen LogP contribution in [0, 0.1) is 6.92 Å². The molecule has 0 aliphatic carbocycles. The maximum absolute atomic E-state index is 12.1. The lowest BCUT2D eigenvalue weighted by molar-refractivity contribution is 0.1000. The van der Waals surface area contributed by atoms with Gasteiger partial charge in [0.1, 0.15) is 0 Å². The quantitative estimate of drug-likeness (QED) is 0.726. The van der Waals surface area contributed by atoms with Crippen LogP contribution in [0.4, 0.5) is 0 Å². The normalized spacial score (nSPS) is 11.0. The molecule has 1 heterocycles. The van der Waals surface area contributed by atoms with Gasteiger partial charge in [-0.15, -0.1) is 0 Å². The number of primary amides is 1. The van der Waals surface area contributed by atoms with Crippen molar-refractivity contribution in [3.8, 4) is 11.1 Å². The average Bonchev–Trinajstić information content (AvgIpc) is 2.84. The fourth-order valence-corrected chi connectivity index (χ4v) is 3.29. The second kappa shape index (κ2) is 8.36. The highest BCUT2D eigenvalue weighted by atomic mass is 35.5. The zero-order valence-corrected chi connectivity index (χ0v) is 15.3. The Morgan fingerprint density at radius 2 is 1.92 bits per heavy atom. The molecule has 5 heteroatoms. The van der Waals surface area contributed by atoms with Crippen molar-refractivity contribution in [3.05, 3.63) is 46.2 Å². The summed E-state index contributed by atoms with van der Waals surface area (Å²) in [6.45, 7) is 8.27. The van der Waals surface area contributed by atoms with E-state index in [9.17, 15) is 4.79 Å². The lowest BCUT2D eigenvalue weighted by Gasteiger charge is -2.12. The summed E-state index contributed by atoms with van der Waals surface area (Å²) in [5.41, 5.74) is 10.2. The van der Waals surface area contributed by atoms with Crippen LogP contribution in [-0.2, 0) is 17.7 Å². The predicted octanol–water partition coefficient (Wildman–Crippen LogP) is 4.20. The fraction of sp³-hybridized carbons (Fsp3) is 0.421. The number of halogens is 1. The van der Waals surface area contributed by atoms with Gasteiger partial charge in [0.2, 0.25) is 0 Å². The molecule has 1 amide bonds. The lowest BCUT2D eigenvalue weighted by Crippen LogP contribution is -2.13. The minimum Gasteiger partial charge on any atom is -0.382 e. The highest BCUT2D eigenvalue weighted by Gasteiger charge is 2.23. The highest BCUT2D eigenvalue weighted by molar-refractivity contribution is 6.30. The smallest absolute Gasteiger partial charge is 0.251 e. The number of ether oxygens (including phenoxy) is 1. The number of rotatable bonds is 8. The standard InChI is InChI=1S/C19H25ClN2O2/c1-4-16-18(14-7-9-15(20)10-8-14)17(19(21)23)13(3)22(16)11-6-12-24-5-2/h7-10H,4-6,11-12H2,1-3H3,(H2,21,23). The topological polar surface area (TPSA) is 57.2 Å².